The molecule has 7 heteroatoms. The van der Waals surface area contributed by atoms with Gasteiger partial charge in [-0.1, -0.05) is 6.07 Å². The third kappa shape index (κ3) is 4.36. The molecule has 0 heterocycles. The van der Waals surface area contributed by atoms with Crippen LogP contribution in [-0.2, 0) is 9.53 Å². The molecule has 0 saturated carbocycles. The van der Waals surface area contributed by atoms with E-state index in [1.54, 1.807) is 0 Å². The summed E-state index contributed by atoms with van der Waals surface area (Å²) in [6.07, 6.45) is 0. The van der Waals surface area contributed by atoms with Gasteiger partial charge in [0.25, 0.3) is 5.91 Å². The standard InChI is InChI=1S/C15H10BrF2NO3/c16-13-5-4-10(18)7-12(13)15(21)22-8-14(20)19-11-3-1-2-9(17)6-11/h1-7H,8H2,(H,19,20). The number of amides is 1. The maximum atomic E-state index is 13.1. The van der Waals surface area contributed by atoms with Crippen LogP contribution >= 0.6 is 15.9 Å². The molecule has 0 fully saturated rings. The van der Waals surface area contributed by atoms with Crippen molar-refractivity contribution < 1.29 is 23.1 Å². The van der Waals surface area contributed by atoms with Gasteiger partial charge in [-0.3, -0.25) is 4.79 Å². The number of hydrogen-bond acceptors (Lipinski definition) is 3. The molecule has 0 aliphatic heterocycles. The van der Waals surface area contributed by atoms with Crippen LogP contribution in [0.15, 0.2) is 46.9 Å². The van der Waals surface area contributed by atoms with Crippen molar-refractivity contribution in [2.24, 2.45) is 0 Å². The Kier molecular flexibility index (Phi) is 5.21. The maximum Gasteiger partial charge on any atom is 0.339 e. The topological polar surface area (TPSA) is 55.4 Å². The normalized spacial score (nSPS) is 10.1. The molecule has 0 atom stereocenters. The first-order valence-corrected chi connectivity index (χ1v) is 6.92. The molecule has 0 aromatic heterocycles. The van der Waals surface area contributed by atoms with Gasteiger partial charge in [-0.2, -0.15) is 0 Å². The predicted octanol–water partition coefficient (Wildman–Crippen LogP) is 3.52. The Hall–Kier alpha value is -2.28. The molecule has 1 amide bonds. The van der Waals surface area contributed by atoms with Crippen LogP contribution in [0.4, 0.5) is 14.5 Å². The Balaban J connectivity index is 1.93. The Morgan fingerprint density at radius 2 is 1.82 bits per heavy atom. The summed E-state index contributed by atoms with van der Waals surface area (Å²) in [7, 11) is 0. The number of nitrogens with one attached hydrogen (secondary N) is 1. The van der Waals surface area contributed by atoms with E-state index in [0.29, 0.717) is 4.47 Å². The summed E-state index contributed by atoms with van der Waals surface area (Å²) in [6.45, 7) is -0.571. The maximum absolute atomic E-state index is 13.1. The van der Waals surface area contributed by atoms with Crippen LogP contribution < -0.4 is 5.32 Å². The molecular weight excluding hydrogens is 360 g/mol. The Morgan fingerprint density at radius 1 is 1.09 bits per heavy atom. The summed E-state index contributed by atoms with van der Waals surface area (Å²) in [5.74, 6) is -2.58. The average Bonchev–Trinajstić information content (AvgIpc) is 2.47. The fourth-order valence-corrected chi connectivity index (χ4v) is 2.03. The van der Waals surface area contributed by atoms with Gasteiger partial charge in [0.15, 0.2) is 6.61 Å². The van der Waals surface area contributed by atoms with Crippen LogP contribution in [-0.4, -0.2) is 18.5 Å². The Bertz CT molecular complexity index is 722. The van der Waals surface area contributed by atoms with Crippen molar-refractivity contribution in [1.82, 2.24) is 0 Å². The molecule has 0 saturated heterocycles. The van der Waals surface area contributed by atoms with Crippen LogP contribution in [0.5, 0.6) is 0 Å². The molecule has 0 aliphatic carbocycles. The number of anilines is 1. The number of hydrogen-bond donors (Lipinski definition) is 1. The molecule has 4 nitrogen and oxygen atoms in total. The van der Waals surface area contributed by atoms with Crippen molar-refractivity contribution in [3.8, 4) is 0 Å². The first kappa shape index (κ1) is 16.1. The molecule has 0 radical (unpaired) electrons. The molecule has 2 rings (SSSR count). The number of carbonyl (C=O) groups excluding carboxylic acids is 2. The van der Waals surface area contributed by atoms with E-state index in [9.17, 15) is 18.4 Å². The lowest BCUT2D eigenvalue weighted by Gasteiger charge is -2.07. The van der Waals surface area contributed by atoms with Gasteiger partial charge in [0.1, 0.15) is 11.6 Å². The van der Waals surface area contributed by atoms with E-state index in [0.717, 1.165) is 12.1 Å². The summed E-state index contributed by atoms with van der Waals surface area (Å²) in [4.78, 5) is 23.4. The first-order valence-electron chi connectivity index (χ1n) is 6.13. The molecule has 22 heavy (non-hydrogen) atoms. The summed E-state index contributed by atoms with van der Waals surface area (Å²) in [5, 5.41) is 2.37. The van der Waals surface area contributed by atoms with Gasteiger partial charge in [0.05, 0.1) is 5.56 Å². The van der Waals surface area contributed by atoms with Crippen LogP contribution in [0.25, 0.3) is 0 Å². The van der Waals surface area contributed by atoms with Crippen LogP contribution in [0.1, 0.15) is 10.4 Å². The largest absolute Gasteiger partial charge is 0.452 e. The van der Waals surface area contributed by atoms with Gasteiger partial charge in [-0.15, -0.1) is 0 Å². The monoisotopic (exact) mass is 369 g/mol. The SMILES string of the molecule is O=C(COC(=O)c1cc(F)ccc1Br)Nc1cccc(F)c1. The molecule has 2 aromatic rings. The highest BCUT2D eigenvalue weighted by atomic mass is 79.9. The lowest BCUT2D eigenvalue weighted by Crippen LogP contribution is -2.21. The number of rotatable bonds is 4. The quantitative estimate of drug-likeness (QED) is 0.838. The third-order valence-corrected chi connectivity index (χ3v) is 3.28. The number of ether oxygens (including phenoxy) is 1. The first-order chi connectivity index (χ1) is 10.5. The molecule has 114 valence electrons. The third-order valence-electron chi connectivity index (χ3n) is 2.59. The predicted molar refractivity (Wildman–Crippen MR) is 79.4 cm³/mol. The summed E-state index contributed by atoms with van der Waals surface area (Å²) in [5.41, 5.74) is 0.214. The second-order valence-corrected chi connectivity index (χ2v) is 5.11. The minimum absolute atomic E-state index is 0.0291. The highest BCUT2D eigenvalue weighted by molar-refractivity contribution is 9.10. The number of benzene rings is 2. The smallest absolute Gasteiger partial charge is 0.339 e. The number of halogens is 3. The van der Waals surface area contributed by atoms with Gasteiger partial charge >= 0.3 is 5.97 Å². The zero-order valence-electron chi connectivity index (χ0n) is 11.1. The van der Waals surface area contributed by atoms with Crippen LogP contribution in [0, 0.1) is 11.6 Å². The van der Waals surface area contributed by atoms with Crippen molar-refractivity contribution in [3.63, 3.8) is 0 Å². The molecule has 0 bridgehead atoms. The Morgan fingerprint density at radius 3 is 2.55 bits per heavy atom. The van der Waals surface area contributed by atoms with Crippen molar-refractivity contribution >= 4 is 33.5 Å². The van der Waals surface area contributed by atoms with E-state index >= 15 is 0 Å². The lowest BCUT2D eigenvalue weighted by atomic mass is 10.2. The average molecular weight is 370 g/mol. The molecule has 0 spiro atoms. The van der Waals surface area contributed by atoms with Gasteiger partial charge in [0.2, 0.25) is 0 Å². The van der Waals surface area contributed by atoms with Gasteiger partial charge in [-0.05, 0) is 52.3 Å². The van der Waals surface area contributed by atoms with Crippen LogP contribution in [0.3, 0.4) is 0 Å². The van der Waals surface area contributed by atoms with Gasteiger partial charge < -0.3 is 10.1 Å². The fourth-order valence-electron chi connectivity index (χ4n) is 1.63. The second-order valence-electron chi connectivity index (χ2n) is 4.26. The summed E-state index contributed by atoms with van der Waals surface area (Å²) in [6, 6.07) is 8.82. The number of carbonyl (C=O) groups is 2. The second kappa shape index (κ2) is 7.13. The van der Waals surface area contributed by atoms with E-state index in [1.807, 2.05) is 0 Å². The van der Waals surface area contributed by atoms with E-state index < -0.39 is 30.1 Å². The fraction of sp³-hybridized carbons (Fsp3) is 0.0667. The highest BCUT2D eigenvalue weighted by Gasteiger charge is 2.14. The molecule has 2 aromatic carbocycles. The zero-order valence-corrected chi connectivity index (χ0v) is 12.7. The number of esters is 1. The minimum Gasteiger partial charge on any atom is -0.452 e. The van der Waals surface area contributed by atoms with E-state index in [2.05, 4.69) is 21.2 Å². The molecule has 1 N–H and O–H groups in total. The highest BCUT2D eigenvalue weighted by Crippen LogP contribution is 2.18. The van der Waals surface area contributed by atoms with E-state index in [-0.39, 0.29) is 11.3 Å². The van der Waals surface area contributed by atoms with Crippen molar-refractivity contribution in [2.45, 2.75) is 0 Å². The van der Waals surface area contributed by atoms with E-state index in [1.165, 1.54) is 30.3 Å². The van der Waals surface area contributed by atoms with Crippen molar-refractivity contribution in [1.29, 1.82) is 0 Å². The molecular formula is C15H10BrF2NO3. The Labute approximate surface area is 133 Å². The van der Waals surface area contributed by atoms with Gasteiger partial charge in [-0.25, -0.2) is 13.6 Å². The van der Waals surface area contributed by atoms with Gasteiger partial charge in [0, 0.05) is 10.2 Å². The van der Waals surface area contributed by atoms with E-state index in [4.69, 9.17) is 4.74 Å². The van der Waals surface area contributed by atoms with Crippen molar-refractivity contribution in [2.75, 3.05) is 11.9 Å². The minimum atomic E-state index is -0.847. The summed E-state index contributed by atoms with van der Waals surface area (Å²) >= 11 is 3.09. The van der Waals surface area contributed by atoms with Crippen LogP contribution in [0.2, 0.25) is 0 Å². The summed E-state index contributed by atoms with van der Waals surface area (Å²) < 4.78 is 31.2. The lowest BCUT2D eigenvalue weighted by molar-refractivity contribution is -0.119. The molecule has 0 unspecified atom stereocenters. The zero-order chi connectivity index (χ0) is 16.1. The molecule has 0 aliphatic rings. The van der Waals surface area contributed by atoms with Crippen molar-refractivity contribution in [3.05, 3.63) is 64.1 Å².